The number of esters is 1. The molecule has 0 saturated heterocycles. The lowest BCUT2D eigenvalue weighted by Gasteiger charge is -2.19. The summed E-state index contributed by atoms with van der Waals surface area (Å²) in [6.07, 6.45) is 6.41. The van der Waals surface area contributed by atoms with E-state index >= 15 is 0 Å². The van der Waals surface area contributed by atoms with Gasteiger partial charge >= 0.3 is 5.97 Å². The molecule has 0 unspecified atom stereocenters. The quantitative estimate of drug-likeness (QED) is 0.695. The molecule has 1 aromatic carbocycles. The van der Waals surface area contributed by atoms with E-state index in [2.05, 4.69) is 20.9 Å². The molecule has 1 saturated carbocycles. The predicted molar refractivity (Wildman–Crippen MR) is 101 cm³/mol. The van der Waals surface area contributed by atoms with E-state index < -0.39 is 0 Å². The summed E-state index contributed by atoms with van der Waals surface area (Å²) in [5.74, 6) is -0.0116. The number of ether oxygens (including phenoxy) is 1. The maximum Gasteiger partial charge on any atom is 0.325 e. The molecule has 134 valence electrons. The van der Waals surface area contributed by atoms with Gasteiger partial charge in [0, 0.05) is 10.9 Å². The topological polar surface area (TPSA) is 60.7 Å². The first-order valence-corrected chi connectivity index (χ1v) is 10.1. The van der Waals surface area contributed by atoms with Gasteiger partial charge in [-0.05, 0) is 37.0 Å². The van der Waals surface area contributed by atoms with Crippen LogP contribution in [0, 0.1) is 5.92 Å². The Labute approximate surface area is 158 Å². The van der Waals surface area contributed by atoms with Crippen LogP contribution < -0.4 is 4.80 Å². The molecule has 3 rings (SSSR count). The van der Waals surface area contributed by atoms with Crippen molar-refractivity contribution < 1.29 is 14.3 Å². The molecule has 5 nitrogen and oxygen atoms in total. The van der Waals surface area contributed by atoms with Crippen molar-refractivity contribution in [3.8, 4) is 0 Å². The molecule has 1 aliphatic carbocycles. The molecule has 1 fully saturated rings. The van der Waals surface area contributed by atoms with Gasteiger partial charge in [-0.1, -0.05) is 46.5 Å². The molecule has 1 aliphatic rings. The molecular formula is C18H21BrN2O3S. The zero-order valence-electron chi connectivity index (χ0n) is 14.2. The average Bonchev–Trinajstić information content (AvgIpc) is 2.91. The summed E-state index contributed by atoms with van der Waals surface area (Å²) in [5.41, 5.74) is 0.878. The molecule has 7 heteroatoms. The number of hydrogen-bond donors (Lipinski definition) is 0. The summed E-state index contributed by atoms with van der Waals surface area (Å²) in [5, 5.41) is 0. The van der Waals surface area contributed by atoms with E-state index in [-0.39, 0.29) is 18.4 Å². The van der Waals surface area contributed by atoms with E-state index in [0.717, 1.165) is 27.5 Å². The number of methoxy groups -OCH3 is 1. The summed E-state index contributed by atoms with van der Waals surface area (Å²) in [6, 6.07) is 5.80. The molecule has 1 heterocycles. The molecule has 1 amide bonds. The van der Waals surface area contributed by atoms with Gasteiger partial charge in [0.15, 0.2) is 4.80 Å². The van der Waals surface area contributed by atoms with E-state index in [1.54, 1.807) is 4.57 Å². The van der Waals surface area contributed by atoms with E-state index in [9.17, 15) is 9.59 Å². The monoisotopic (exact) mass is 424 g/mol. The van der Waals surface area contributed by atoms with Gasteiger partial charge in [0.05, 0.1) is 17.3 Å². The predicted octanol–water partition coefficient (Wildman–Crippen LogP) is 4.04. The Bertz CT molecular complexity index is 850. The van der Waals surface area contributed by atoms with E-state index in [1.165, 1.54) is 37.7 Å². The number of fused-ring (bicyclic) bond motifs is 1. The van der Waals surface area contributed by atoms with E-state index in [4.69, 9.17) is 4.74 Å². The highest BCUT2D eigenvalue weighted by Crippen LogP contribution is 2.27. The number of thiazole rings is 1. The second-order valence-electron chi connectivity index (χ2n) is 6.37. The number of aromatic nitrogens is 1. The van der Waals surface area contributed by atoms with Crippen LogP contribution in [0.1, 0.15) is 38.5 Å². The summed E-state index contributed by atoms with van der Waals surface area (Å²) < 4.78 is 8.47. The van der Waals surface area contributed by atoms with Gasteiger partial charge < -0.3 is 9.30 Å². The van der Waals surface area contributed by atoms with Crippen LogP contribution in [0.5, 0.6) is 0 Å². The normalized spacial score (nSPS) is 16.3. The lowest BCUT2D eigenvalue weighted by atomic mass is 9.87. The number of carbonyl (C=O) groups excluding carboxylic acids is 2. The molecule has 0 N–H and O–H groups in total. The standard InChI is InChI=1S/C18H21BrN2O3S/c1-24-17(23)11-21-14-8-7-13(19)10-15(14)25-18(21)20-16(22)9-12-5-3-2-4-6-12/h7-8,10,12H,2-6,9,11H2,1H3. The average molecular weight is 425 g/mol. The third-order valence-electron chi connectivity index (χ3n) is 4.57. The number of hydrogen-bond acceptors (Lipinski definition) is 4. The van der Waals surface area contributed by atoms with Crippen LogP contribution in [0.15, 0.2) is 27.7 Å². The Hall–Kier alpha value is -1.47. The summed E-state index contributed by atoms with van der Waals surface area (Å²) in [7, 11) is 1.36. The summed E-state index contributed by atoms with van der Waals surface area (Å²) in [6.45, 7) is 0.0493. The summed E-state index contributed by atoms with van der Waals surface area (Å²) in [4.78, 5) is 29.1. The Morgan fingerprint density at radius 2 is 2.08 bits per heavy atom. The highest BCUT2D eigenvalue weighted by atomic mass is 79.9. The minimum Gasteiger partial charge on any atom is -0.468 e. The van der Waals surface area contributed by atoms with Crippen LogP contribution in [0.3, 0.4) is 0 Å². The number of halogens is 1. The van der Waals surface area contributed by atoms with Crippen LogP contribution in [-0.2, 0) is 20.9 Å². The highest BCUT2D eigenvalue weighted by molar-refractivity contribution is 9.10. The second-order valence-corrected chi connectivity index (χ2v) is 8.30. The minimum atomic E-state index is -0.358. The van der Waals surface area contributed by atoms with Gasteiger partial charge in [0.25, 0.3) is 0 Å². The first-order valence-electron chi connectivity index (χ1n) is 8.50. The number of nitrogens with zero attached hydrogens (tertiary/aromatic N) is 2. The summed E-state index contributed by atoms with van der Waals surface area (Å²) >= 11 is 4.87. The molecule has 0 spiro atoms. The second kappa shape index (κ2) is 8.27. The lowest BCUT2D eigenvalue weighted by molar-refractivity contribution is -0.141. The number of amides is 1. The number of benzene rings is 1. The van der Waals surface area contributed by atoms with Gasteiger partial charge in [-0.3, -0.25) is 9.59 Å². The first-order chi connectivity index (χ1) is 12.1. The molecule has 25 heavy (non-hydrogen) atoms. The number of carbonyl (C=O) groups is 2. The molecule has 2 aromatic rings. The van der Waals surface area contributed by atoms with Gasteiger partial charge in [-0.2, -0.15) is 4.99 Å². The zero-order valence-corrected chi connectivity index (χ0v) is 16.6. The van der Waals surface area contributed by atoms with Gasteiger partial charge in [-0.25, -0.2) is 0 Å². The highest BCUT2D eigenvalue weighted by Gasteiger charge is 2.17. The molecule has 0 radical (unpaired) electrons. The fourth-order valence-electron chi connectivity index (χ4n) is 3.27. The van der Waals surface area contributed by atoms with Crippen LogP contribution in [0.25, 0.3) is 10.2 Å². The van der Waals surface area contributed by atoms with Crippen LogP contribution in [0.4, 0.5) is 0 Å². The van der Waals surface area contributed by atoms with Crippen LogP contribution >= 0.6 is 27.3 Å². The molecule has 0 aliphatic heterocycles. The third-order valence-corrected chi connectivity index (χ3v) is 6.10. The molecule has 0 atom stereocenters. The van der Waals surface area contributed by atoms with Gasteiger partial charge in [0.2, 0.25) is 5.91 Å². The van der Waals surface area contributed by atoms with Crippen molar-refractivity contribution in [1.82, 2.24) is 4.57 Å². The van der Waals surface area contributed by atoms with Crippen molar-refractivity contribution in [2.75, 3.05) is 7.11 Å². The Balaban J connectivity index is 1.93. The Morgan fingerprint density at radius 3 is 2.80 bits per heavy atom. The number of rotatable bonds is 4. The van der Waals surface area contributed by atoms with Crippen molar-refractivity contribution in [3.05, 3.63) is 27.5 Å². The minimum absolute atomic E-state index is 0.0493. The van der Waals surface area contributed by atoms with Crippen molar-refractivity contribution >= 4 is 49.4 Å². The van der Waals surface area contributed by atoms with Crippen LogP contribution in [0.2, 0.25) is 0 Å². The Kier molecular flexibility index (Phi) is 6.06. The first kappa shape index (κ1) is 18.3. The molecule has 0 bridgehead atoms. The lowest BCUT2D eigenvalue weighted by Crippen LogP contribution is -2.23. The van der Waals surface area contributed by atoms with Gasteiger partial charge in [-0.15, -0.1) is 0 Å². The Morgan fingerprint density at radius 1 is 1.32 bits per heavy atom. The smallest absolute Gasteiger partial charge is 0.325 e. The van der Waals surface area contributed by atoms with Crippen LogP contribution in [-0.4, -0.2) is 23.6 Å². The SMILES string of the molecule is COC(=O)Cn1c(=NC(=O)CC2CCCCC2)sc2cc(Br)ccc21. The fraction of sp³-hybridized carbons (Fsp3) is 0.500. The maximum absolute atomic E-state index is 12.4. The third kappa shape index (κ3) is 4.58. The maximum atomic E-state index is 12.4. The fourth-order valence-corrected chi connectivity index (χ4v) is 4.87. The molecular weight excluding hydrogens is 404 g/mol. The van der Waals surface area contributed by atoms with Gasteiger partial charge in [0.1, 0.15) is 6.54 Å². The van der Waals surface area contributed by atoms with Crippen molar-refractivity contribution in [1.29, 1.82) is 0 Å². The zero-order chi connectivity index (χ0) is 17.8. The van der Waals surface area contributed by atoms with Crippen molar-refractivity contribution in [2.45, 2.75) is 45.1 Å². The van der Waals surface area contributed by atoms with Crippen molar-refractivity contribution in [3.63, 3.8) is 0 Å². The molecule has 1 aromatic heterocycles. The van der Waals surface area contributed by atoms with Crippen molar-refractivity contribution in [2.24, 2.45) is 10.9 Å². The van der Waals surface area contributed by atoms with E-state index in [1.807, 2.05) is 18.2 Å². The largest absolute Gasteiger partial charge is 0.468 e. The van der Waals surface area contributed by atoms with E-state index in [0.29, 0.717) is 17.1 Å².